The van der Waals surface area contributed by atoms with Crippen LogP contribution in [0.2, 0.25) is 0 Å². The molecule has 0 aliphatic carbocycles. The second-order valence-corrected chi connectivity index (χ2v) is 6.49. The molecule has 0 amide bonds. The third-order valence-corrected chi connectivity index (χ3v) is 4.14. The highest BCUT2D eigenvalue weighted by Crippen LogP contribution is 2.16. The lowest BCUT2D eigenvalue weighted by molar-refractivity contribution is 0.302. The van der Waals surface area contributed by atoms with E-state index in [-0.39, 0.29) is 0 Å². The summed E-state index contributed by atoms with van der Waals surface area (Å²) in [7, 11) is 0. The van der Waals surface area contributed by atoms with Crippen molar-refractivity contribution >= 4 is 11.3 Å². The molecule has 114 valence electrons. The Labute approximate surface area is 131 Å². The molecule has 2 aromatic rings. The Morgan fingerprint density at radius 1 is 1.24 bits per heavy atom. The smallest absolute Gasteiger partial charge is 0.131 e. The summed E-state index contributed by atoms with van der Waals surface area (Å²) in [6, 6.07) is 8.28. The molecular weight excluding hydrogens is 280 g/mol. The predicted molar refractivity (Wildman–Crippen MR) is 88.8 cm³/mol. The summed E-state index contributed by atoms with van der Waals surface area (Å²) < 4.78 is 5.77. The van der Waals surface area contributed by atoms with Crippen LogP contribution in [-0.4, -0.2) is 11.5 Å². The Bertz CT molecular complexity index is 534. The highest BCUT2D eigenvalue weighted by Gasteiger charge is 2.02. The number of hydrogen-bond donors (Lipinski definition) is 1. The van der Waals surface area contributed by atoms with Crippen molar-refractivity contribution in [3.8, 4) is 5.75 Å². The number of benzene rings is 1. The predicted octanol–water partition coefficient (Wildman–Crippen LogP) is 4.03. The molecule has 2 rings (SSSR count). The molecule has 0 radical (unpaired) electrons. The van der Waals surface area contributed by atoms with Crippen LogP contribution in [0.5, 0.6) is 5.75 Å². The lowest BCUT2D eigenvalue weighted by Crippen LogP contribution is -2.18. The normalized spacial score (nSPS) is 11.0. The lowest BCUT2D eigenvalue weighted by Gasteiger charge is -2.08. The Balaban J connectivity index is 1.79. The highest BCUT2D eigenvalue weighted by molar-refractivity contribution is 7.09. The maximum atomic E-state index is 5.77. The summed E-state index contributed by atoms with van der Waals surface area (Å²) >= 11 is 1.70. The van der Waals surface area contributed by atoms with E-state index in [0.29, 0.717) is 12.5 Å². The van der Waals surface area contributed by atoms with Gasteiger partial charge in [0.05, 0.1) is 10.7 Å². The average molecular weight is 304 g/mol. The Hall–Kier alpha value is -1.39. The van der Waals surface area contributed by atoms with Crippen LogP contribution < -0.4 is 10.1 Å². The van der Waals surface area contributed by atoms with Gasteiger partial charge in [-0.3, -0.25) is 0 Å². The fraction of sp³-hybridized carbons (Fsp3) is 0.471. The second-order valence-electron chi connectivity index (χ2n) is 5.54. The van der Waals surface area contributed by atoms with Gasteiger partial charge in [0.1, 0.15) is 12.4 Å². The molecule has 4 heteroatoms. The Morgan fingerprint density at radius 2 is 2.00 bits per heavy atom. The molecule has 0 saturated heterocycles. The molecule has 0 saturated carbocycles. The van der Waals surface area contributed by atoms with E-state index in [1.165, 1.54) is 10.6 Å². The van der Waals surface area contributed by atoms with Crippen LogP contribution in [-0.2, 0) is 19.6 Å². The lowest BCUT2D eigenvalue weighted by atomic mass is 10.2. The summed E-state index contributed by atoms with van der Waals surface area (Å²) in [5.74, 6) is 1.58. The number of nitrogens with zero attached hydrogens (tertiary/aromatic N) is 1. The van der Waals surface area contributed by atoms with Gasteiger partial charge in [0.2, 0.25) is 0 Å². The van der Waals surface area contributed by atoms with Crippen LogP contribution >= 0.6 is 11.3 Å². The highest BCUT2D eigenvalue weighted by atomic mass is 32.1. The van der Waals surface area contributed by atoms with Crippen LogP contribution in [0.1, 0.15) is 37.0 Å². The zero-order chi connectivity index (χ0) is 15.1. The van der Waals surface area contributed by atoms with Crippen LogP contribution in [0.3, 0.4) is 0 Å². The third kappa shape index (κ3) is 5.48. The topological polar surface area (TPSA) is 34.1 Å². The molecule has 21 heavy (non-hydrogen) atoms. The zero-order valence-electron chi connectivity index (χ0n) is 13.1. The van der Waals surface area contributed by atoms with Crippen LogP contribution in [0.15, 0.2) is 29.6 Å². The maximum Gasteiger partial charge on any atom is 0.131 e. The third-order valence-electron chi connectivity index (χ3n) is 3.09. The number of hydrogen-bond acceptors (Lipinski definition) is 4. The number of rotatable bonds is 8. The first-order valence-electron chi connectivity index (χ1n) is 7.53. The van der Waals surface area contributed by atoms with Gasteiger partial charge in [-0.2, -0.15) is 0 Å². The van der Waals surface area contributed by atoms with Crippen molar-refractivity contribution in [2.24, 2.45) is 5.92 Å². The molecule has 1 N–H and O–H groups in total. The first-order chi connectivity index (χ1) is 10.2. The molecule has 0 aliphatic heterocycles. The quantitative estimate of drug-likeness (QED) is 0.799. The summed E-state index contributed by atoms with van der Waals surface area (Å²) in [6.45, 7) is 9.04. The van der Waals surface area contributed by atoms with Crippen molar-refractivity contribution in [1.82, 2.24) is 10.3 Å². The van der Waals surface area contributed by atoms with Gasteiger partial charge in [-0.15, -0.1) is 11.3 Å². The van der Waals surface area contributed by atoms with Gasteiger partial charge >= 0.3 is 0 Å². The largest absolute Gasteiger partial charge is 0.487 e. The molecule has 1 aromatic carbocycles. The number of thiazole rings is 1. The van der Waals surface area contributed by atoms with E-state index in [1.54, 1.807) is 11.3 Å². The van der Waals surface area contributed by atoms with E-state index in [1.807, 2.05) is 12.1 Å². The van der Waals surface area contributed by atoms with Gasteiger partial charge in [-0.25, -0.2) is 4.98 Å². The number of aromatic nitrogens is 1. The molecule has 0 unspecified atom stereocenters. The number of nitrogens with one attached hydrogen (secondary N) is 1. The van der Waals surface area contributed by atoms with Gasteiger partial charge in [-0.05, 0) is 36.6 Å². The van der Waals surface area contributed by atoms with E-state index in [9.17, 15) is 0 Å². The minimum atomic E-state index is 0.543. The van der Waals surface area contributed by atoms with Gasteiger partial charge in [0.15, 0.2) is 0 Å². The minimum Gasteiger partial charge on any atom is -0.487 e. The molecule has 0 aliphatic rings. The standard InChI is InChI=1S/C17H24N2OS/c1-4-17-19-15(12-21-17)11-20-16-7-5-14(6-8-16)10-18-9-13(2)3/h5-8,12-13,18H,4,9-11H2,1-3H3. The fourth-order valence-electron chi connectivity index (χ4n) is 1.94. The average Bonchev–Trinajstić information content (AvgIpc) is 2.94. The summed E-state index contributed by atoms with van der Waals surface area (Å²) in [5.41, 5.74) is 2.30. The summed E-state index contributed by atoms with van der Waals surface area (Å²) in [5, 5.41) is 6.68. The Kier molecular flexibility index (Phi) is 6.21. The van der Waals surface area contributed by atoms with Crippen molar-refractivity contribution in [2.45, 2.75) is 40.3 Å². The SMILES string of the molecule is CCc1nc(COc2ccc(CNCC(C)C)cc2)cs1. The van der Waals surface area contributed by atoms with E-state index >= 15 is 0 Å². The van der Waals surface area contributed by atoms with E-state index in [4.69, 9.17) is 4.74 Å². The molecular formula is C17H24N2OS. The van der Waals surface area contributed by atoms with Crippen molar-refractivity contribution < 1.29 is 4.74 Å². The van der Waals surface area contributed by atoms with E-state index in [0.717, 1.165) is 31.0 Å². The summed E-state index contributed by atoms with van der Waals surface area (Å²) in [6.07, 6.45) is 0.989. The minimum absolute atomic E-state index is 0.543. The number of ether oxygens (including phenoxy) is 1. The molecule has 1 aromatic heterocycles. The van der Waals surface area contributed by atoms with Gasteiger partial charge in [0.25, 0.3) is 0 Å². The maximum absolute atomic E-state index is 5.77. The van der Waals surface area contributed by atoms with Crippen LogP contribution in [0.25, 0.3) is 0 Å². The monoisotopic (exact) mass is 304 g/mol. The van der Waals surface area contributed by atoms with E-state index in [2.05, 4.69) is 48.6 Å². The molecule has 0 atom stereocenters. The summed E-state index contributed by atoms with van der Waals surface area (Å²) in [4.78, 5) is 4.50. The van der Waals surface area contributed by atoms with Crippen LogP contribution in [0.4, 0.5) is 0 Å². The number of aryl methyl sites for hydroxylation is 1. The van der Waals surface area contributed by atoms with Crippen molar-refractivity contribution in [2.75, 3.05) is 6.54 Å². The van der Waals surface area contributed by atoms with Crippen molar-refractivity contribution in [1.29, 1.82) is 0 Å². The van der Waals surface area contributed by atoms with Gasteiger partial charge in [-0.1, -0.05) is 32.9 Å². The Morgan fingerprint density at radius 3 is 2.62 bits per heavy atom. The van der Waals surface area contributed by atoms with Gasteiger partial charge in [0, 0.05) is 11.9 Å². The van der Waals surface area contributed by atoms with E-state index < -0.39 is 0 Å². The molecule has 0 spiro atoms. The molecule has 0 fully saturated rings. The van der Waals surface area contributed by atoms with Crippen molar-refractivity contribution in [3.63, 3.8) is 0 Å². The molecule has 1 heterocycles. The second kappa shape index (κ2) is 8.15. The van der Waals surface area contributed by atoms with Gasteiger partial charge < -0.3 is 10.1 Å². The molecule has 3 nitrogen and oxygen atoms in total. The van der Waals surface area contributed by atoms with Crippen molar-refractivity contribution in [3.05, 3.63) is 45.9 Å². The first kappa shape index (κ1) is 16.0. The fourth-order valence-corrected chi connectivity index (χ4v) is 2.67. The first-order valence-corrected chi connectivity index (χ1v) is 8.41. The molecule has 0 bridgehead atoms. The van der Waals surface area contributed by atoms with Crippen LogP contribution in [0, 0.1) is 5.92 Å². The zero-order valence-corrected chi connectivity index (χ0v) is 13.9.